The summed E-state index contributed by atoms with van der Waals surface area (Å²) in [4.78, 5) is 2.09. The summed E-state index contributed by atoms with van der Waals surface area (Å²) < 4.78 is 32.6. The second-order valence-electron chi connectivity index (χ2n) is 9.16. The summed E-state index contributed by atoms with van der Waals surface area (Å²) in [7, 11) is 5.77. The van der Waals surface area contributed by atoms with Crippen molar-refractivity contribution in [3.63, 3.8) is 0 Å². The van der Waals surface area contributed by atoms with Gasteiger partial charge in [-0.3, -0.25) is 0 Å². The monoisotopic (exact) mass is 416 g/mol. The third-order valence-electron chi connectivity index (χ3n) is 5.12. The van der Waals surface area contributed by atoms with E-state index in [9.17, 15) is 4.39 Å². The van der Waals surface area contributed by atoms with E-state index in [4.69, 9.17) is 14.2 Å². The maximum absolute atomic E-state index is 13.1. The van der Waals surface area contributed by atoms with Gasteiger partial charge in [0.25, 0.3) is 0 Å². The number of ether oxygens (including phenoxy) is 3. The molecule has 0 aliphatic rings. The zero-order valence-corrected chi connectivity index (χ0v) is 19.1. The van der Waals surface area contributed by atoms with E-state index in [1.165, 1.54) is 0 Å². The highest BCUT2D eigenvalue weighted by molar-refractivity contribution is 6.09. The van der Waals surface area contributed by atoms with Crippen molar-refractivity contribution in [3.05, 3.63) is 36.4 Å². The third-order valence-corrected chi connectivity index (χ3v) is 5.12. The summed E-state index contributed by atoms with van der Waals surface area (Å²) >= 11 is 0. The van der Waals surface area contributed by atoms with E-state index in [1.807, 2.05) is 34.0 Å². The molecule has 1 aromatic heterocycles. The number of hydrogen-bond acceptors (Lipinski definition) is 4. The number of methoxy groups -OCH3 is 1. The number of anilines is 1. The number of alkyl halides is 1. The number of rotatable bonds is 9. The second kappa shape index (κ2) is 8.44. The average molecular weight is 417 g/mol. The first-order valence-electron chi connectivity index (χ1n) is 10.2. The van der Waals surface area contributed by atoms with E-state index < -0.39 is 17.9 Å². The molecule has 5 nitrogen and oxygen atoms in total. The molecule has 1 heterocycles. The first-order chi connectivity index (χ1) is 14.1. The highest BCUT2D eigenvalue weighted by atomic mass is 19.1. The van der Waals surface area contributed by atoms with Crippen molar-refractivity contribution in [2.75, 3.05) is 39.4 Å². The van der Waals surface area contributed by atoms with Gasteiger partial charge in [0.1, 0.15) is 24.8 Å². The fourth-order valence-electron chi connectivity index (χ4n) is 3.44. The molecular weight excluding hydrogens is 383 g/mol. The SMILES string of the molecule is COCn1c2ccc(OC(C)(C)COC(C)(C)CF)cc2c2cc(N(C)C)ccc21. The lowest BCUT2D eigenvalue weighted by atomic mass is 10.1. The first kappa shape index (κ1) is 22.4. The minimum Gasteiger partial charge on any atom is -0.485 e. The molecule has 0 atom stereocenters. The second-order valence-corrected chi connectivity index (χ2v) is 9.16. The van der Waals surface area contributed by atoms with Gasteiger partial charge in [-0.1, -0.05) is 0 Å². The maximum Gasteiger partial charge on any atom is 0.127 e. The van der Waals surface area contributed by atoms with Crippen LogP contribution >= 0.6 is 0 Å². The van der Waals surface area contributed by atoms with E-state index in [0.29, 0.717) is 6.73 Å². The number of hydrogen-bond donors (Lipinski definition) is 0. The lowest BCUT2D eigenvalue weighted by molar-refractivity contribution is -0.0895. The van der Waals surface area contributed by atoms with Crippen molar-refractivity contribution >= 4 is 27.5 Å². The molecule has 0 N–H and O–H groups in total. The standard InChI is InChI=1S/C24H33FN2O3/c1-23(2,14-25)29-15-24(3,4)30-18-9-11-22-20(13-18)19-12-17(26(5)6)8-10-21(19)27(22)16-28-7/h8-13H,14-16H2,1-7H3. The van der Waals surface area contributed by atoms with E-state index in [0.717, 1.165) is 33.2 Å². The molecule has 0 aliphatic heterocycles. The fraction of sp³-hybridized carbons (Fsp3) is 0.500. The summed E-state index contributed by atoms with van der Waals surface area (Å²) in [6, 6.07) is 12.5. The normalized spacial score (nSPS) is 12.7. The number of halogens is 1. The lowest BCUT2D eigenvalue weighted by Crippen LogP contribution is -2.39. The third kappa shape index (κ3) is 4.71. The molecular formula is C24H33FN2O3. The molecule has 0 saturated heterocycles. The first-order valence-corrected chi connectivity index (χ1v) is 10.2. The zero-order valence-electron chi connectivity index (χ0n) is 19.1. The minimum absolute atomic E-state index is 0.290. The van der Waals surface area contributed by atoms with E-state index in [-0.39, 0.29) is 6.61 Å². The number of aromatic nitrogens is 1. The largest absolute Gasteiger partial charge is 0.485 e. The van der Waals surface area contributed by atoms with Gasteiger partial charge in [-0.05, 0) is 64.1 Å². The summed E-state index contributed by atoms with van der Waals surface area (Å²) in [5, 5.41) is 2.25. The van der Waals surface area contributed by atoms with Crippen LogP contribution in [0.4, 0.5) is 10.1 Å². The number of nitrogens with zero attached hydrogens (tertiary/aromatic N) is 2. The van der Waals surface area contributed by atoms with Crippen LogP contribution in [0, 0.1) is 0 Å². The van der Waals surface area contributed by atoms with Crippen molar-refractivity contribution in [1.29, 1.82) is 0 Å². The van der Waals surface area contributed by atoms with Gasteiger partial charge in [-0.25, -0.2) is 4.39 Å². The molecule has 3 rings (SSSR count). The molecule has 30 heavy (non-hydrogen) atoms. The fourth-order valence-corrected chi connectivity index (χ4v) is 3.44. The summed E-state index contributed by atoms with van der Waals surface area (Å²) in [6.45, 7) is 7.59. The van der Waals surface area contributed by atoms with E-state index >= 15 is 0 Å². The van der Waals surface area contributed by atoms with Gasteiger partial charge in [0.15, 0.2) is 0 Å². The molecule has 164 valence electrons. The lowest BCUT2D eigenvalue weighted by Gasteiger charge is -2.31. The van der Waals surface area contributed by atoms with Crippen LogP contribution in [0.5, 0.6) is 5.75 Å². The zero-order chi connectivity index (χ0) is 22.1. The van der Waals surface area contributed by atoms with Crippen molar-refractivity contribution in [2.24, 2.45) is 0 Å². The van der Waals surface area contributed by atoms with Gasteiger partial charge in [-0.15, -0.1) is 0 Å². The van der Waals surface area contributed by atoms with Gasteiger partial charge in [0, 0.05) is 37.7 Å². The Kier molecular flexibility index (Phi) is 6.29. The van der Waals surface area contributed by atoms with Crippen LogP contribution in [-0.2, 0) is 16.2 Å². The molecule has 3 aromatic rings. The Morgan fingerprint density at radius 1 is 0.933 bits per heavy atom. The highest BCUT2D eigenvalue weighted by Crippen LogP contribution is 2.35. The predicted octanol–water partition coefficient (Wildman–Crippen LogP) is 5.39. The van der Waals surface area contributed by atoms with Crippen LogP contribution in [0.25, 0.3) is 21.8 Å². The van der Waals surface area contributed by atoms with Crippen LogP contribution in [0.15, 0.2) is 36.4 Å². The van der Waals surface area contributed by atoms with Crippen molar-refractivity contribution in [3.8, 4) is 5.75 Å². The van der Waals surface area contributed by atoms with Crippen LogP contribution in [0.3, 0.4) is 0 Å². The van der Waals surface area contributed by atoms with Crippen molar-refractivity contribution < 1.29 is 18.6 Å². The smallest absolute Gasteiger partial charge is 0.127 e. The molecule has 0 bridgehead atoms. The summed E-state index contributed by atoms with van der Waals surface area (Å²) in [5.74, 6) is 0.751. The highest BCUT2D eigenvalue weighted by Gasteiger charge is 2.27. The van der Waals surface area contributed by atoms with Crippen molar-refractivity contribution in [2.45, 2.75) is 45.6 Å². The number of fused-ring (bicyclic) bond motifs is 3. The average Bonchev–Trinajstić information content (AvgIpc) is 2.99. The van der Waals surface area contributed by atoms with Gasteiger partial charge in [0.2, 0.25) is 0 Å². The predicted molar refractivity (Wildman–Crippen MR) is 121 cm³/mol. The Bertz CT molecular complexity index is 1020. The summed E-state index contributed by atoms with van der Waals surface area (Å²) in [5.41, 5.74) is 1.91. The molecule has 6 heteroatoms. The molecule has 0 saturated carbocycles. The van der Waals surface area contributed by atoms with Crippen LogP contribution in [0.2, 0.25) is 0 Å². The van der Waals surface area contributed by atoms with Crippen LogP contribution < -0.4 is 9.64 Å². The van der Waals surface area contributed by atoms with Crippen molar-refractivity contribution in [1.82, 2.24) is 4.57 Å². The van der Waals surface area contributed by atoms with Crippen LogP contribution in [0.1, 0.15) is 27.7 Å². The van der Waals surface area contributed by atoms with Gasteiger partial charge in [0.05, 0.1) is 23.2 Å². The van der Waals surface area contributed by atoms with Gasteiger partial charge in [-0.2, -0.15) is 0 Å². The minimum atomic E-state index is -0.819. The molecule has 0 fully saturated rings. The van der Waals surface area contributed by atoms with Crippen LogP contribution in [-0.4, -0.2) is 50.3 Å². The van der Waals surface area contributed by atoms with E-state index in [2.05, 4.69) is 39.8 Å². The van der Waals surface area contributed by atoms with Gasteiger partial charge < -0.3 is 23.7 Å². The molecule has 0 radical (unpaired) electrons. The van der Waals surface area contributed by atoms with E-state index in [1.54, 1.807) is 21.0 Å². The van der Waals surface area contributed by atoms with Gasteiger partial charge >= 0.3 is 0 Å². The molecule has 2 aromatic carbocycles. The quantitative estimate of drug-likeness (QED) is 0.469. The Balaban J connectivity index is 2.00. The Hall–Kier alpha value is -2.31. The summed E-state index contributed by atoms with van der Waals surface area (Å²) in [6.07, 6.45) is 0. The maximum atomic E-state index is 13.1. The Labute approximate surface area is 178 Å². The molecule has 0 spiro atoms. The topological polar surface area (TPSA) is 35.9 Å². The molecule has 0 amide bonds. The number of benzene rings is 2. The Morgan fingerprint density at radius 3 is 2.17 bits per heavy atom. The molecule has 0 aliphatic carbocycles. The molecule has 0 unspecified atom stereocenters. The Morgan fingerprint density at radius 2 is 1.57 bits per heavy atom.